The van der Waals surface area contributed by atoms with E-state index in [0.717, 1.165) is 11.5 Å². The van der Waals surface area contributed by atoms with Gasteiger partial charge in [0.15, 0.2) is 5.82 Å². The van der Waals surface area contributed by atoms with Gasteiger partial charge in [-0.15, -0.1) is 0 Å². The Balaban J connectivity index is 3.08. The average Bonchev–Trinajstić information content (AvgIpc) is 2.29. The van der Waals surface area contributed by atoms with E-state index in [2.05, 4.69) is 29.1 Å². The van der Waals surface area contributed by atoms with Crippen LogP contribution in [0, 0.1) is 5.92 Å². The smallest absolute Gasteiger partial charge is 0.160 e. The lowest BCUT2D eigenvalue weighted by atomic mass is 10.1. The van der Waals surface area contributed by atoms with Crippen LogP contribution in [-0.2, 0) is 16.1 Å². The van der Waals surface area contributed by atoms with Crippen LogP contribution in [0.5, 0.6) is 0 Å². The van der Waals surface area contributed by atoms with Gasteiger partial charge in [0.05, 0.1) is 12.3 Å². The summed E-state index contributed by atoms with van der Waals surface area (Å²) < 4.78 is 10.5. The van der Waals surface area contributed by atoms with Crippen molar-refractivity contribution in [2.45, 2.75) is 26.6 Å². The first-order chi connectivity index (χ1) is 8.12. The van der Waals surface area contributed by atoms with Crippen molar-refractivity contribution in [1.29, 1.82) is 0 Å². The number of hydrogen-bond donors (Lipinski definition) is 1. The number of ether oxygens (including phenoxy) is 2. The second-order valence-electron chi connectivity index (χ2n) is 4.19. The summed E-state index contributed by atoms with van der Waals surface area (Å²) in [5, 5.41) is 3.02. The predicted octanol–water partition coefficient (Wildman–Crippen LogP) is 2.01. The molecule has 0 radical (unpaired) electrons. The van der Waals surface area contributed by atoms with E-state index in [1.807, 2.05) is 13.1 Å². The fourth-order valence-electron chi connectivity index (χ4n) is 1.67. The Kier molecular flexibility index (Phi) is 5.31. The van der Waals surface area contributed by atoms with E-state index in [4.69, 9.17) is 9.47 Å². The number of methoxy groups -OCH3 is 2. The molecule has 1 atom stereocenters. The lowest BCUT2D eigenvalue weighted by molar-refractivity contribution is 0.0569. The Labute approximate surface area is 103 Å². The zero-order valence-corrected chi connectivity index (χ0v) is 11.2. The highest BCUT2D eigenvalue weighted by Crippen LogP contribution is 2.23. The minimum Gasteiger partial charge on any atom is -0.378 e. The van der Waals surface area contributed by atoms with Crippen LogP contribution in [-0.4, -0.2) is 31.2 Å². The summed E-state index contributed by atoms with van der Waals surface area (Å²) in [5.74, 6) is 1.80. The minimum absolute atomic E-state index is 0.0982. The van der Waals surface area contributed by atoms with Gasteiger partial charge in [-0.2, -0.15) is 0 Å². The topological polar surface area (TPSA) is 56.3 Å². The molecule has 1 N–H and O–H groups in total. The number of anilines is 1. The Hall–Kier alpha value is -1.20. The van der Waals surface area contributed by atoms with Gasteiger partial charge in [0.2, 0.25) is 0 Å². The number of hydrogen-bond acceptors (Lipinski definition) is 5. The van der Waals surface area contributed by atoms with Crippen molar-refractivity contribution in [2.75, 3.05) is 26.6 Å². The van der Waals surface area contributed by atoms with Gasteiger partial charge < -0.3 is 14.8 Å². The summed E-state index contributed by atoms with van der Waals surface area (Å²) in [6.07, 6.45) is -0.0982. The normalized spacial score (nSPS) is 12.8. The lowest BCUT2D eigenvalue weighted by Crippen LogP contribution is -2.15. The maximum Gasteiger partial charge on any atom is 0.160 e. The first-order valence-electron chi connectivity index (χ1n) is 5.69. The fourth-order valence-corrected chi connectivity index (χ4v) is 1.67. The summed E-state index contributed by atoms with van der Waals surface area (Å²) >= 11 is 0. The molecule has 0 aromatic carbocycles. The SMILES string of the molecule is CNc1cc(COC)nc(C(OC)C(C)C)n1. The molecule has 0 amide bonds. The number of aromatic nitrogens is 2. The molecule has 0 fully saturated rings. The van der Waals surface area contributed by atoms with Gasteiger partial charge in [0, 0.05) is 27.3 Å². The molecular formula is C12H21N3O2. The second kappa shape index (κ2) is 6.51. The highest BCUT2D eigenvalue weighted by atomic mass is 16.5. The number of nitrogens with zero attached hydrogens (tertiary/aromatic N) is 2. The van der Waals surface area contributed by atoms with E-state index < -0.39 is 0 Å². The Bertz CT molecular complexity index is 356. The molecule has 0 spiro atoms. The van der Waals surface area contributed by atoms with Crippen molar-refractivity contribution in [3.05, 3.63) is 17.6 Å². The van der Waals surface area contributed by atoms with Crippen LogP contribution in [0.15, 0.2) is 6.07 Å². The zero-order chi connectivity index (χ0) is 12.8. The van der Waals surface area contributed by atoms with Crippen molar-refractivity contribution in [2.24, 2.45) is 5.92 Å². The van der Waals surface area contributed by atoms with Crippen molar-refractivity contribution < 1.29 is 9.47 Å². The molecule has 5 heteroatoms. The summed E-state index contributed by atoms with van der Waals surface area (Å²) in [6, 6.07) is 1.88. The molecule has 1 heterocycles. The van der Waals surface area contributed by atoms with Gasteiger partial charge in [-0.3, -0.25) is 0 Å². The molecule has 17 heavy (non-hydrogen) atoms. The third-order valence-corrected chi connectivity index (χ3v) is 2.46. The predicted molar refractivity (Wildman–Crippen MR) is 66.9 cm³/mol. The van der Waals surface area contributed by atoms with E-state index in [1.54, 1.807) is 14.2 Å². The molecule has 1 rings (SSSR count). The maximum absolute atomic E-state index is 5.44. The monoisotopic (exact) mass is 239 g/mol. The average molecular weight is 239 g/mol. The van der Waals surface area contributed by atoms with Gasteiger partial charge in [0.25, 0.3) is 0 Å². The molecule has 0 saturated carbocycles. The van der Waals surface area contributed by atoms with E-state index >= 15 is 0 Å². The Morgan fingerprint density at radius 2 is 2.00 bits per heavy atom. The van der Waals surface area contributed by atoms with E-state index in [-0.39, 0.29) is 6.10 Å². The molecule has 1 aromatic heterocycles. The van der Waals surface area contributed by atoms with Crippen molar-refractivity contribution in [1.82, 2.24) is 9.97 Å². The van der Waals surface area contributed by atoms with Crippen LogP contribution in [0.25, 0.3) is 0 Å². The first kappa shape index (κ1) is 13.9. The second-order valence-corrected chi connectivity index (χ2v) is 4.19. The van der Waals surface area contributed by atoms with Crippen LogP contribution in [0.3, 0.4) is 0 Å². The standard InChI is InChI=1S/C12H21N3O2/c1-8(2)11(17-5)12-14-9(7-16-4)6-10(13-3)15-12/h6,8,11H,7H2,1-5H3,(H,13,14,15). The van der Waals surface area contributed by atoms with Gasteiger partial charge >= 0.3 is 0 Å². The molecule has 5 nitrogen and oxygen atoms in total. The Morgan fingerprint density at radius 1 is 1.29 bits per heavy atom. The summed E-state index contributed by atoms with van der Waals surface area (Å²) in [4.78, 5) is 8.89. The number of nitrogens with one attached hydrogen (secondary N) is 1. The molecule has 1 aromatic rings. The van der Waals surface area contributed by atoms with Crippen molar-refractivity contribution in [3.63, 3.8) is 0 Å². The van der Waals surface area contributed by atoms with E-state index in [9.17, 15) is 0 Å². The van der Waals surface area contributed by atoms with Gasteiger partial charge in [-0.05, 0) is 5.92 Å². The van der Waals surface area contributed by atoms with Gasteiger partial charge in [-0.1, -0.05) is 13.8 Å². The highest BCUT2D eigenvalue weighted by Gasteiger charge is 2.19. The van der Waals surface area contributed by atoms with E-state index in [0.29, 0.717) is 18.3 Å². The third kappa shape index (κ3) is 3.64. The van der Waals surface area contributed by atoms with Crippen molar-refractivity contribution in [3.8, 4) is 0 Å². The molecule has 0 aliphatic heterocycles. The largest absolute Gasteiger partial charge is 0.378 e. The molecule has 0 bridgehead atoms. The van der Waals surface area contributed by atoms with Crippen LogP contribution >= 0.6 is 0 Å². The molecular weight excluding hydrogens is 218 g/mol. The van der Waals surface area contributed by atoms with Crippen molar-refractivity contribution >= 4 is 5.82 Å². The van der Waals surface area contributed by atoms with Crippen LogP contribution in [0.1, 0.15) is 31.5 Å². The molecule has 0 saturated heterocycles. The van der Waals surface area contributed by atoms with Crippen LogP contribution < -0.4 is 5.32 Å². The summed E-state index contributed by atoms with van der Waals surface area (Å²) in [6.45, 7) is 4.64. The quantitative estimate of drug-likeness (QED) is 0.823. The number of rotatable bonds is 6. The summed E-state index contributed by atoms with van der Waals surface area (Å²) in [5.41, 5.74) is 0.851. The van der Waals surface area contributed by atoms with E-state index in [1.165, 1.54) is 0 Å². The highest BCUT2D eigenvalue weighted by molar-refractivity contribution is 5.35. The third-order valence-electron chi connectivity index (χ3n) is 2.46. The van der Waals surface area contributed by atoms with Gasteiger partial charge in [0.1, 0.15) is 11.9 Å². The summed E-state index contributed by atoms with van der Waals surface area (Å²) in [7, 11) is 5.16. The lowest BCUT2D eigenvalue weighted by Gasteiger charge is -2.19. The minimum atomic E-state index is -0.0982. The zero-order valence-electron chi connectivity index (χ0n) is 11.2. The molecule has 1 unspecified atom stereocenters. The fraction of sp³-hybridized carbons (Fsp3) is 0.667. The molecule has 0 aliphatic rings. The van der Waals surface area contributed by atoms with Crippen LogP contribution in [0.2, 0.25) is 0 Å². The molecule has 0 aliphatic carbocycles. The van der Waals surface area contributed by atoms with Crippen LogP contribution in [0.4, 0.5) is 5.82 Å². The Morgan fingerprint density at radius 3 is 2.47 bits per heavy atom. The first-order valence-corrected chi connectivity index (χ1v) is 5.69. The maximum atomic E-state index is 5.44. The molecule has 96 valence electrons. The van der Waals surface area contributed by atoms with Gasteiger partial charge in [-0.25, -0.2) is 9.97 Å².